The van der Waals surface area contributed by atoms with Gasteiger partial charge in [0.1, 0.15) is 12.6 Å². The zero-order valence-electron chi connectivity index (χ0n) is 22.8. The molecular formula is C30H36IN3O4S. The van der Waals surface area contributed by atoms with Gasteiger partial charge in [-0.1, -0.05) is 67.1 Å². The number of hydrogen-bond donors (Lipinski definition) is 1. The Balaban J connectivity index is 2.05. The summed E-state index contributed by atoms with van der Waals surface area (Å²) in [6.07, 6.45) is 2.12. The van der Waals surface area contributed by atoms with Crippen LogP contribution in [0.2, 0.25) is 0 Å². The predicted molar refractivity (Wildman–Crippen MR) is 165 cm³/mol. The van der Waals surface area contributed by atoms with E-state index in [0.29, 0.717) is 12.1 Å². The number of aryl methyl sites for hydroxylation is 1. The van der Waals surface area contributed by atoms with E-state index in [1.54, 1.807) is 24.3 Å². The van der Waals surface area contributed by atoms with Crippen molar-refractivity contribution in [3.63, 3.8) is 0 Å². The van der Waals surface area contributed by atoms with E-state index >= 15 is 0 Å². The maximum Gasteiger partial charge on any atom is 0.244 e. The zero-order valence-corrected chi connectivity index (χ0v) is 25.8. The van der Waals surface area contributed by atoms with Crippen LogP contribution in [-0.2, 0) is 32.6 Å². The number of sulfonamides is 1. The maximum atomic E-state index is 14.1. The molecule has 0 heterocycles. The smallest absolute Gasteiger partial charge is 0.244 e. The maximum absolute atomic E-state index is 14.1. The zero-order chi connectivity index (χ0) is 28.6. The van der Waals surface area contributed by atoms with Crippen molar-refractivity contribution in [2.75, 3.05) is 17.1 Å². The van der Waals surface area contributed by atoms with Gasteiger partial charge in [-0.3, -0.25) is 13.9 Å². The van der Waals surface area contributed by atoms with Gasteiger partial charge in [0.2, 0.25) is 21.8 Å². The number of rotatable bonds is 12. The number of amides is 2. The minimum Gasteiger partial charge on any atom is -0.352 e. The number of nitrogens with one attached hydrogen (secondary N) is 1. The van der Waals surface area contributed by atoms with E-state index in [2.05, 4.69) is 27.9 Å². The second-order valence-corrected chi connectivity index (χ2v) is 12.9. The molecule has 7 nitrogen and oxygen atoms in total. The highest BCUT2D eigenvalue weighted by atomic mass is 127. The summed E-state index contributed by atoms with van der Waals surface area (Å²) in [5.74, 6) is -0.727. The van der Waals surface area contributed by atoms with Crippen LogP contribution in [0.4, 0.5) is 5.69 Å². The molecule has 0 bridgehead atoms. The lowest BCUT2D eigenvalue weighted by Gasteiger charge is -2.34. The fourth-order valence-corrected chi connectivity index (χ4v) is 5.43. The highest BCUT2D eigenvalue weighted by Gasteiger charge is 2.33. The van der Waals surface area contributed by atoms with E-state index in [9.17, 15) is 18.0 Å². The SMILES string of the molecule is CC[C@H](C)NC(=O)[C@@H](Cc1ccccc1)N(Cc1cccc(C)c1)C(=O)CN(c1ccc(I)cc1)S(C)(=O)=O. The molecule has 1 N–H and O–H groups in total. The molecule has 0 aromatic heterocycles. The number of anilines is 1. The largest absolute Gasteiger partial charge is 0.352 e. The first-order valence-corrected chi connectivity index (χ1v) is 15.8. The molecule has 0 spiro atoms. The normalized spacial score (nSPS) is 12.8. The molecule has 39 heavy (non-hydrogen) atoms. The molecule has 0 fully saturated rings. The Kier molecular flexibility index (Phi) is 10.9. The molecule has 0 saturated carbocycles. The van der Waals surface area contributed by atoms with Crippen molar-refractivity contribution in [3.8, 4) is 0 Å². The summed E-state index contributed by atoms with van der Waals surface area (Å²) in [6.45, 7) is 5.61. The minimum absolute atomic E-state index is 0.0778. The van der Waals surface area contributed by atoms with Crippen LogP contribution in [0, 0.1) is 10.5 Å². The third-order valence-electron chi connectivity index (χ3n) is 6.50. The van der Waals surface area contributed by atoms with Gasteiger partial charge in [-0.2, -0.15) is 0 Å². The van der Waals surface area contributed by atoms with Crippen molar-refractivity contribution in [2.45, 2.75) is 52.2 Å². The van der Waals surface area contributed by atoms with Gasteiger partial charge < -0.3 is 10.2 Å². The lowest BCUT2D eigenvalue weighted by atomic mass is 10.0. The van der Waals surface area contributed by atoms with Crippen molar-refractivity contribution in [3.05, 3.63) is 99.1 Å². The van der Waals surface area contributed by atoms with Crippen molar-refractivity contribution in [1.29, 1.82) is 0 Å². The number of halogens is 1. The second-order valence-electron chi connectivity index (χ2n) is 9.78. The summed E-state index contributed by atoms with van der Waals surface area (Å²) in [4.78, 5) is 29.3. The van der Waals surface area contributed by atoms with Crippen LogP contribution < -0.4 is 9.62 Å². The van der Waals surface area contributed by atoms with Crippen molar-refractivity contribution in [1.82, 2.24) is 10.2 Å². The minimum atomic E-state index is -3.78. The summed E-state index contributed by atoms with van der Waals surface area (Å²) < 4.78 is 27.7. The molecule has 0 radical (unpaired) electrons. The fourth-order valence-electron chi connectivity index (χ4n) is 4.22. The number of carbonyl (C=O) groups excluding carboxylic acids is 2. The molecular weight excluding hydrogens is 625 g/mol. The molecule has 3 aromatic carbocycles. The first kappa shape index (κ1) is 30.6. The lowest BCUT2D eigenvalue weighted by Crippen LogP contribution is -2.54. The molecule has 0 aliphatic carbocycles. The average Bonchev–Trinajstić information content (AvgIpc) is 2.89. The van der Waals surface area contributed by atoms with Gasteiger partial charge in [-0.05, 0) is 78.3 Å². The van der Waals surface area contributed by atoms with Crippen LogP contribution in [0.3, 0.4) is 0 Å². The topological polar surface area (TPSA) is 86.8 Å². The fraction of sp³-hybridized carbons (Fsp3) is 0.333. The Morgan fingerprint density at radius 1 is 0.949 bits per heavy atom. The summed E-state index contributed by atoms with van der Waals surface area (Å²) in [5, 5.41) is 3.04. The molecule has 0 aliphatic heterocycles. The van der Waals surface area contributed by atoms with E-state index in [1.165, 1.54) is 4.90 Å². The predicted octanol–water partition coefficient (Wildman–Crippen LogP) is 4.92. The van der Waals surface area contributed by atoms with Gasteiger partial charge in [-0.25, -0.2) is 8.42 Å². The summed E-state index contributed by atoms with van der Waals surface area (Å²) in [5.41, 5.74) is 3.19. The standard InChI is InChI=1S/C30H36IN3O4S/c1-5-23(3)32-30(36)28(19-24-11-7-6-8-12-24)33(20-25-13-9-10-22(2)18-25)29(35)21-34(39(4,37)38)27-16-14-26(31)15-17-27/h6-18,23,28H,5,19-21H2,1-4H3,(H,32,36)/t23-,28+/m0/s1. The molecule has 3 aromatic rings. The Labute approximate surface area is 245 Å². The van der Waals surface area contributed by atoms with Crippen LogP contribution in [0.15, 0.2) is 78.9 Å². The van der Waals surface area contributed by atoms with Gasteiger partial charge >= 0.3 is 0 Å². The van der Waals surface area contributed by atoms with Crippen molar-refractivity contribution < 1.29 is 18.0 Å². The number of hydrogen-bond acceptors (Lipinski definition) is 4. The third kappa shape index (κ3) is 9.06. The monoisotopic (exact) mass is 661 g/mol. The van der Waals surface area contributed by atoms with Crippen LogP contribution in [0.1, 0.15) is 37.0 Å². The van der Waals surface area contributed by atoms with E-state index in [1.807, 2.05) is 75.4 Å². The van der Waals surface area contributed by atoms with Crippen molar-refractivity contribution in [2.24, 2.45) is 0 Å². The van der Waals surface area contributed by atoms with Crippen LogP contribution in [0.25, 0.3) is 0 Å². The van der Waals surface area contributed by atoms with Gasteiger partial charge in [0, 0.05) is 22.6 Å². The molecule has 2 amide bonds. The Morgan fingerprint density at radius 2 is 1.59 bits per heavy atom. The van der Waals surface area contributed by atoms with Gasteiger partial charge in [-0.15, -0.1) is 0 Å². The third-order valence-corrected chi connectivity index (χ3v) is 8.36. The van der Waals surface area contributed by atoms with Crippen molar-refractivity contribution >= 4 is 50.1 Å². The number of benzene rings is 3. The van der Waals surface area contributed by atoms with E-state index in [0.717, 1.165) is 37.2 Å². The Bertz CT molecular complexity index is 1360. The highest BCUT2D eigenvalue weighted by Crippen LogP contribution is 2.22. The van der Waals surface area contributed by atoms with E-state index < -0.39 is 28.5 Å². The number of carbonyl (C=O) groups is 2. The summed E-state index contributed by atoms with van der Waals surface area (Å²) in [7, 11) is -3.78. The average molecular weight is 662 g/mol. The van der Waals surface area contributed by atoms with E-state index in [-0.39, 0.29) is 18.5 Å². The molecule has 208 valence electrons. The Morgan fingerprint density at radius 3 is 2.18 bits per heavy atom. The lowest BCUT2D eigenvalue weighted by molar-refractivity contribution is -0.140. The quantitative estimate of drug-likeness (QED) is 0.280. The second kappa shape index (κ2) is 13.9. The van der Waals surface area contributed by atoms with Crippen LogP contribution in [0.5, 0.6) is 0 Å². The molecule has 0 saturated heterocycles. The van der Waals surface area contributed by atoms with E-state index in [4.69, 9.17) is 0 Å². The molecule has 0 unspecified atom stereocenters. The first-order chi connectivity index (χ1) is 18.5. The van der Waals surface area contributed by atoms with Gasteiger partial charge in [0.15, 0.2) is 0 Å². The first-order valence-electron chi connectivity index (χ1n) is 12.9. The Hall–Kier alpha value is -2.92. The molecule has 0 aliphatic rings. The molecule has 9 heteroatoms. The van der Waals surface area contributed by atoms with Crippen LogP contribution in [-0.4, -0.2) is 50.0 Å². The molecule has 3 rings (SSSR count). The van der Waals surface area contributed by atoms with Gasteiger partial charge in [0.25, 0.3) is 0 Å². The molecule has 2 atom stereocenters. The summed E-state index contributed by atoms with van der Waals surface area (Å²) in [6, 6.07) is 23.3. The van der Waals surface area contributed by atoms with Gasteiger partial charge in [0.05, 0.1) is 11.9 Å². The number of nitrogens with zero attached hydrogens (tertiary/aromatic N) is 2. The van der Waals surface area contributed by atoms with Crippen LogP contribution >= 0.6 is 22.6 Å². The highest BCUT2D eigenvalue weighted by molar-refractivity contribution is 14.1. The summed E-state index contributed by atoms with van der Waals surface area (Å²) >= 11 is 2.14.